The van der Waals surface area contributed by atoms with E-state index in [4.69, 9.17) is 19.0 Å². The fourth-order valence-corrected chi connectivity index (χ4v) is 7.85. The maximum atomic E-state index is 13.3. The van der Waals surface area contributed by atoms with E-state index in [1.807, 2.05) is 105 Å². The lowest BCUT2D eigenvalue weighted by atomic mass is 9.99. The third-order valence-electron chi connectivity index (χ3n) is 6.47. The largest absolute Gasteiger partial charge is 0.473 e. The van der Waals surface area contributed by atoms with Crippen LogP contribution in [0, 0.1) is 5.92 Å². The van der Waals surface area contributed by atoms with Crippen molar-refractivity contribution >= 4 is 34.9 Å². The molecule has 0 spiro atoms. The van der Waals surface area contributed by atoms with E-state index in [-0.39, 0.29) is 35.7 Å². The van der Waals surface area contributed by atoms with Crippen molar-refractivity contribution in [2.24, 2.45) is 10.7 Å². The quantitative estimate of drug-likeness (QED) is 0.315. The predicted molar refractivity (Wildman–Crippen MR) is 151 cm³/mol. The predicted octanol–water partition coefficient (Wildman–Crippen LogP) is 5.09. The third-order valence-corrected chi connectivity index (χ3v) is 10.1. The van der Waals surface area contributed by atoms with Crippen molar-refractivity contribution in [1.29, 1.82) is 0 Å². The molecule has 1 aliphatic rings. The van der Waals surface area contributed by atoms with Crippen LogP contribution in [0.3, 0.4) is 0 Å². The van der Waals surface area contributed by atoms with Gasteiger partial charge in [0.15, 0.2) is 0 Å². The van der Waals surface area contributed by atoms with Crippen molar-refractivity contribution in [2.45, 2.75) is 26.9 Å². The highest BCUT2D eigenvalue weighted by molar-refractivity contribution is 7.87. The Bertz CT molecular complexity index is 1290. The molecule has 3 aromatic rings. The van der Waals surface area contributed by atoms with Gasteiger partial charge in [0.2, 0.25) is 5.88 Å². The van der Waals surface area contributed by atoms with Crippen LogP contribution in [0.4, 0.5) is 0 Å². The Morgan fingerprint density at radius 3 is 1.71 bits per heavy atom. The molecule has 3 aromatic carbocycles. The summed E-state index contributed by atoms with van der Waals surface area (Å²) in [7, 11) is -1.51. The molecular weight excluding hydrogens is 497 g/mol. The Labute approximate surface area is 224 Å². The summed E-state index contributed by atoms with van der Waals surface area (Å²) >= 11 is 0. The molecule has 0 bridgehead atoms. The number of hydrogen-bond donors (Lipinski definition) is 0. The number of esters is 2. The third kappa shape index (κ3) is 5.36. The molecule has 38 heavy (non-hydrogen) atoms. The lowest BCUT2D eigenvalue weighted by Crippen LogP contribution is -2.26. The number of benzene rings is 3. The summed E-state index contributed by atoms with van der Waals surface area (Å²) in [5.41, 5.74) is 0.0657. The average molecular weight is 530 g/mol. The summed E-state index contributed by atoms with van der Waals surface area (Å²) in [6, 6.07) is 30.0. The van der Waals surface area contributed by atoms with Crippen LogP contribution in [0.1, 0.15) is 20.8 Å². The molecule has 0 aromatic heterocycles. The molecule has 0 N–H and O–H groups in total. The highest BCUT2D eigenvalue weighted by Gasteiger charge is 2.36. The van der Waals surface area contributed by atoms with Crippen LogP contribution in [0.2, 0.25) is 0 Å². The summed E-state index contributed by atoms with van der Waals surface area (Å²) < 4.78 is 22.3. The molecule has 0 amide bonds. The Morgan fingerprint density at radius 1 is 0.816 bits per heavy atom. The van der Waals surface area contributed by atoms with Crippen molar-refractivity contribution < 1.29 is 23.8 Å². The second-order valence-electron chi connectivity index (χ2n) is 8.90. The Kier molecular flexibility index (Phi) is 8.65. The van der Waals surface area contributed by atoms with Crippen molar-refractivity contribution in [3.05, 3.63) is 114 Å². The van der Waals surface area contributed by atoms with E-state index in [0.717, 1.165) is 15.9 Å². The van der Waals surface area contributed by atoms with Gasteiger partial charge in [0.1, 0.15) is 11.7 Å². The number of rotatable bonds is 7. The molecule has 0 saturated heterocycles. The smallest absolute Gasteiger partial charge is 0.344 e. The standard InChI is InChI=1S/C31H32NO5P/c1-5-36-30(33)27-21-22(2)23(3)37-29(28(27)31(34)35-4)32-38(24-15-9-6-10-16-24,25-17-11-7-12-18-25)26-19-13-8-14-20-26/h6-23H,5H2,1-4H3. The van der Waals surface area contributed by atoms with Crippen LogP contribution in [-0.4, -0.2) is 31.8 Å². The minimum Gasteiger partial charge on any atom is -0.473 e. The Morgan fingerprint density at radius 2 is 1.29 bits per heavy atom. The van der Waals surface area contributed by atoms with E-state index in [0.29, 0.717) is 0 Å². The van der Waals surface area contributed by atoms with Gasteiger partial charge in [-0.1, -0.05) is 104 Å². The highest BCUT2D eigenvalue weighted by atomic mass is 31.2. The molecule has 6 nitrogen and oxygen atoms in total. The molecule has 1 heterocycles. The zero-order valence-electron chi connectivity index (χ0n) is 22.0. The average Bonchev–Trinajstić information content (AvgIpc) is 3.08. The van der Waals surface area contributed by atoms with E-state index in [1.165, 1.54) is 7.11 Å². The van der Waals surface area contributed by atoms with E-state index in [1.54, 1.807) is 13.0 Å². The second-order valence-corrected chi connectivity index (χ2v) is 11.9. The normalized spacial score (nSPS) is 17.5. The van der Waals surface area contributed by atoms with Gasteiger partial charge < -0.3 is 14.2 Å². The minimum absolute atomic E-state index is 0.0330. The van der Waals surface area contributed by atoms with E-state index >= 15 is 0 Å². The number of ether oxygens (including phenoxy) is 3. The molecule has 0 radical (unpaired) electrons. The Hall–Kier alpha value is -3.89. The van der Waals surface area contributed by atoms with Gasteiger partial charge in [0.05, 0.1) is 26.3 Å². The topological polar surface area (TPSA) is 74.2 Å². The molecule has 0 aliphatic carbocycles. The van der Waals surface area contributed by atoms with Crippen LogP contribution >= 0.6 is 7.05 Å². The van der Waals surface area contributed by atoms with E-state index in [9.17, 15) is 9.59 Å². The summed E-state index contributed by atoms with van der Waals surface area (Å²) in [5.74, 6) is -1.46. The van der Waals surface area contributed by atoms with Crippen LogP contribution in [0.25, 0.3) is 0 Å². The summed E-state index contributed by atoms with van der Waals surface area (Å²) in [6.07, 6.45) is 1.34. The molecule has 2 unspecified atom stereocenters. The Balaban J connectivity index is 2.18. The minimum atomic E-state index is -2.79. The molecule has 1 aliphatic heterocycles. The number of carbonyl (C=O) groups excluding carboxylic acids is 2. The van der Waals surface area contributed by atoms with E-state index < -0.39 is 19.0 Å². The van der Waals surface area contributed by atoms with Crippen LogP contribution in [0.5, 0.6) is 0 Å². The van der Waals surface area contributed by atoms with Gasteiger partial charge in [-0.05, 0) is 13.8 Å². The van der Waals surface area contributed by atoms with Gasteiger partial charge in [-0.2, -0.15) is 0 Å². The van der Waals surface area contributed by atoms with Crippen molar-refractivity contribution in [1.82, 2.24) is 0 Å². The SMILES string of the molecule is CCOC(=O)C1=CC(C)C(C)OC(N=P(c2ccccc2)(c2ccccc2)c2ccccc2)=C1C(=O)OC. The first-order valence-corrected chi connectivity index (χ1v) is 14.3. The monoisotopic (exact) mass is 529 g/mol. The van der Waals surface area contributed by atoms with Gasteiger partial charge in [0, 0.05) is 21.8 Å². The van der Waals surface area contributed by atoms with Gasteiger partial charge in [-0.3, -0.25) is 0 Å². The summed E-state index contributed by atoms with van der Waals surface area (Å²) in [5, 5.41) is 2.93. The fourth-order valence-electron chi connectivity index (χ4n) is 4.38. The fraction of sp³-hybridized carbons (Fsp3) is 0.226. The lowest BCUT2D eigenvalue weighted by molar-refractivity contribution is -0.141. The second kappa shape index (κ2) is 12.1. The summed E-state index contributed by atoms with van der Waals surface area (Å²) in [4.78, 5) is 26.4. The van der Waals surface area contributed by atoms with Gasteiger partial charge in [0.25, 0.3) is 0 Å². The van der Waals surface area contributed by atoms with Crippen molar-refractivity contribution in [3.63, 3.8) is 0 Å². The van der Waals surface area contributed by atoms with Crippen LogP contribution in [0.15, 0.2) is 119 Å². The van der Waals surface area contributed by atoms with Gasteiger partial charge >= 0.3 is 11.9 Å². The molecular formula is C31H32NO5P. The first-order valence-electron chi connectivity index (χ1n) is 12.6. The van der Waals surface area contributed by atoms with Crippen LogP contribution in [-0.2, 0) is 23.8 Å². The van der Waals surface area contributed by atoms with Gasteiger partial charge in [-0.15, -0.1) is 0 Å². The molecule has 4 rings (SSSR count). The molecule has 7 heteroatoms. The van der Waals surface area contributed by atoms with E-state index in [2.05, 4.69) is 0 Å². The maximum Gasteiger partial charge on any atom is 0.344 e. The number of hydrogen-bond acceptors (Lipinski definition) is 6. The maximum absolute atomic E-state index is 13.3. The first-order chi connectivity index (χ1) is 18.4. The zero-order chi connectivity index (χ0) is 27.1. The summed E-state index contributed by atoms with van der Waals surface area (Å²) in [6.45, 7) is 5.71. The number of nitrogens with zero attached hydrogens (tertiary/aromatic N) is 1. The highest BCUT2D eigenvalue weighted by Crippen LogP contribution is 2.49. The first kappa shape index (κ1) is 27.2. The molecule has 0 fully saturated rings. The van der Waals surface area contributed by atoms with Crippen molar-refractivity contribution in [2.75, 3.05) is 13.7 Å². The lowest BCUT2D eigenvalue weighted by Gasteiger charge is -2.28. The number of methoxy groups -OCH3 is 1. The van der Waals surface area contributed by atoms with Gasteiger partial charge in [-0.25, -0.2) is 14.3 Å². The van der Waals surface area contributed by atoms with Crippen molar-refractivity contribution in [3.8, 4) is 0 Å². The number of carbonyl (C=O) groups is 2. The molecule has 196 valence electrons. The molecule has 2 atom stereocenters. The van der Waals surface area contributed by atoms with Crippen LogP contribution < -0.4 is 15.9 Å². The zero-order valence-corrected chi connectivity index (χ0v) is 22.9. The molecule has 0 saturated carbocycles.